The van der Waals surface area contributed by atoms with Crippen LogP contribution in [-0.4, -0.2) is 0 Å². The van der Waals surface area contributed by atoms with Gasteiger partial charge in [-0.05, 0) is 97.8 Å². The first-order valence-electron chi connectivity index (χ1n) is 12.7. The second kappa shape index (κ2) is 10.9. The van der Waals surface area contributed by atoms with Crippen LogP contribution in [-0.2, 0) is 6.42 Å². The van der Waals surface area contributed by atoms with Gasteiger partial charge in [0.15, 0.2) is 17.5 Å². The molecule has 4 rings (SSSR count). The molecule has 0 spiro atoms. The molecule has 174 valence electrons. The molecule has 0 aromatic heterocycles. The average molecular weight is 443 g/mol. The van der Waals surface area contributed by atoms with Crippen LogP contribution in [0.1, 0.15) is 88.2 Å². The molecule has 2 aromatic rings. The lowest BCUT2D eigenvalue weighted by Crippen LogP contribution is -2.26. The van der Waals surface area contributed by atoms with E-state index < -0.39 is 17.5 Å². The lowest BCUT2D eigenvalue weighted by atomic mass is 9.67. The summed E-state index contributed by atoms with van der Waals surface area (Å²) in [4.78, 5) is 0. The second-order valence-electron chi connectivity index (χ2n) is 10.5. The van der Waals surface area contributed by atoms with Crippen molar-refractivity contribution in [3.05, 3.63) is 71.0 Å². The van der Waals surface area contributed by atoms with E-state index in [-0.39, 0.29) is 0 Å². The summed E-state index contributed by atoms with van der Waals surface area (Å²) in [5.74, 6) is 0.392. The number of hydrogen-bond donors (Lipinski definition) is 0. The first-order chi connectivity index (χ1) is 15.5. The van der Waals surface area contributed by atoms with Crippen molar-refractivity contribution in [1.29, 1.82) is 0 Å². The summed E-state index contributed by atoms with van der Waals surface area (Å²) in [6.45, 7) is 2.37. The molecule has 32 heavy (non-hydrogen) atoms. The second-order valence-corrected chi connectivity index (χ2v) is 10.5. The normalized spacial score (nSPS) is 27.2. The van der Waals surface area contributed by atoms with Crippen LogP contribution < -0.4 is 0 Å². The third-order valence-corrected chi connectivity index (χ3v) is 8.39. The Morgan fingerprint density at radius 2 is 1.28 bits per heavy atom. The maximum absolute atomic E-state index is 13.4. The zero-order valence-electron chi connectivity index (χ0n) is 19.3. The predicted molar refractivity (Wildman–Crippen MR) is 125 cm³/mol. The molecule has 0 amide bonds. The maximum Gasteiger partial charge on any atom is 0.194 e. The highest BCUT2D eigenvalue weighted by Gasteiger charge is 2.31. The molecule has 0 nitrogen and oxygen atoms in total. The summed E-state index contributed by atoms with van der Waals surface area (Å²) >= 11 is 0. The van der Waals surface area contributed by atoms with Crippen molar-refractivity contribution in [1.82, 2.24) is 0 Å². The van der Waals surface area contributed by atoms with Crippen LogP contribution in [0.4, 0.5) is 13.2 Å². The van der Waals surface area contributed by atoms with Crippen LogP contribution in [0.3, 0.4) is 0 Å². The van der Waals surface area contributed by atoms with Crippen molar-refractivity contribution < 1.29 is 13.2 Å². The summed E-state index contributed by atoms with van der Waals surface area (Å²) < 4.78 is 40.0. The van der Waals surface area contributed by atoms with Gasteiger partial charge in [-0.15, -0.1) is 0 Å². The quantitative estimate of drug-likeness (QED) is 0.376. The fraction of sp³-hybridized carbons (Fsp3) is 0.586. The highest BCUT2D eigenvalue weighted by atomic mass is 19.2. The lowest BCUT2D eigenvalue weighted by molar-refractivity contribution is 0.139. The highest BCUT2D eigenvalue weighted by molar-refractivity contribution is 5.20. The first kappa shape index (κ1) is 23.4. The van der Waals surface area contributed by atoms with Crippen molar-refractivity contribution in [2.45, 2.75) is 83.5 Å². The van der Waals surface area contributed by atoms with Crippen molar-refractivity contribution in [2.24, 2.45) is 23.7 Å². The van der Waals surface area contributed by atoms with Gasteiger partial charge in [0, 0.05) is 0 Å². The minimum atomic E-state index is -1.36. The molecule has 0 unspecified atom stereocenters. The Morgan fingerprint density at radius 3 is 1.84 bits per heavy atom. The monoisotopic (exact) mass is 442 g/mol. The third-order valence-electron chi connectivity index (χ3n) is 8.39. The number of benzene rings is 2. The van der Waals surface area contributed by atoms with Gasteiger partial charge in [-0.3, -0.25) is 0 Å². The molecule has 0 heterocycles. The first-order valence-corrected chi connectivity index (χ1v) is 12.7. The molecular formula is C29H37F3. The number of rotatable bonds is 7. The number of aryl methyl sites for hydroxylation is 1. The summed E-state index contributed by atoms with van der Waals surface area (Å²) in [5.41, 5.74) is 2.05. The van der Waals surface area contributed by atoms with Crippen molar-refractivity contribution in [3.8, 4) is 0 Å². The van der Waals surface area contributed by atoms with Crippen LogP contribution in [0.25, 0.3) is 0 Å². The minimum absolute atomic E-state index is 0.576. The van der Waals surface area contributed by atoms with Crippen LogP contribution in [0.2, 0.25) is 0 Å². The number of halogens is 3. The van der Waals surface area contributed by atoms with Gasteiger partial charge in [-0.1, -0.05) is 62.9 Å². The Labute approximate surface area is 191 Å². The van der Waals surface area contributed by atoms with Crippen LogP contribution in [0.5, 0.6) is 0 Å². The number of hydrogen-bond acceptors (Lipinski definition) is 0. The van der Waals surface area contributed by atoms with E-state index in [9.17, 15) is 13.2 Å². The molecule has 2 saturated carbocycles. The van der Waals surface area contributed by atoms with Crippen LogP contribution in [0.15, 0.2) is 42.5 Å². The average Bonchev–Trinajstić information content (AvgIpc) is 2.82. The molecule has 0 N–H and O–H groups in total. The van der Waals surface area contributed by atoms with Crippen molar-refractivity contribution in [2.75, 3.05) is 0 Å². The van der Waals surface area contributed by atoms with Crippen molar-refractivity contribution >= 4 is 0 Å². The summed E-state index contributed by atoms with van der Waals surface area (Å²) in [5, 5.41) is 0. The Bertz CT molecular complexity index is 823. The smallest absolute Gasteiger partial charge is 0.194 e. The summed E-state index contributed by atoms with van der Waals surface area (Å²) in [6, 6.07) is 13.2. The molecule has 2 fully saturated rings. The van der Waals surface area contributed by atoms with Gasteiger partial charge in [-0.2, -0.15) is 0 Å². The van der Waals surface area contributed by atoms with E-state index in [2.05, 4.69) is 37.3 Å². The lowest BCUT2D eigenvalue weighted by Gasteiger charge is -2.38. The van der Waals surface area contributed by atoms with E-state index in [0.29, 0.717) is 23.8 Å². The molecular weight excluding hydrogens is 405 g/mol. The predicted octanol–water partition coefficient (Wildman–Crippen LogP) is 8.84. The van der Waals surface area contributed by atoms with E-state index in [1.165, 1.54) is 63.4 Å². The summed E-state index contributed by atoms with van der Waals surface area (Å²) in [7, 11) is 0. The van der Waals surface area contributed by atoms with E-state index in [1.807, 2.05) is 0 Å². The van der Waals surface area contributed by atoms with E-state index in [4.69, 9.17) is 0 Å². The van der Waals surface area contributed by atoms with Crippen LogP contribution in [0, 0.1) is 41.1 Å². The van der Waals surface area contributed by atoms with Gasteiger partial charge in [0.05, 0.1) is 0 Å². The standard InChI is InChI=1S/C29H37F3/c1-20(24-5-3-2-4-6-24)17-22-11-15-26(16-12-22)25-13-9-21(10-14-25)7-8-23-18-27(30)29(32)28(31)19-23/h2-6,18-22,25-26H,7-17H2,1H3/t20-,21?,22?,25?,26?/m0/s1. The largest absolute Gasteiger partial charge is 0.204 e. The Balaban J connectivity index is 1.17. The third kappa shape index (κ3) is 5.97. The molecule has 0 radical (unpaired) electrons. The molecule has 0 bridgehead atoms. The van der Waals surface area contributed by atoms with E-state index >= 15 is 0 Å². The van der Waals surface area contributed by atoms with Gasteiger partial charge in [0.2, 0.25) is 0 Å². The maximum atomic E-state index is 13.4. The van der Waals surface area contributed by atoms with Gasteiger partial charge in [-0.25, -0.2) is 13.2 Å². The van der Waals surface area contributed by atoms with E-state index in [1.54, 1.807) is 0 Å². The Hall–Kier alpha value is -1.77. The molecule has 2 aliphatic carbocycles. The Morgan fingerprint density at radius 1 is 0.750 bits per heavy atom. The molecule has 2 aliphatic rings. The molecule has 2 aromatic carbocycles. The fourth-order valence-corrected chi connectivity index (χ4v) is 6.38. The fourth-order valence-electron chi connectivity index (χ4n) is 6.38. The van der Waals surface area contributed by atoms with Gasteiger partial charge in [0.25, 0.3) is 0 Å². The van der Waals surface area contributed by atoms with Gasteiger partial charge in [0.1, 0.15) is 0 Å². The van der Waals surface area contributed by atoms with Crippen molar-refractivity contribution in [3.63, 3.8) is 0 Å². The zero-order valence-corrected chi connectivity index (χ0v) is 19.3. The van der Waals surface area contributed by atoms with Gasteiger partial charge >= 0.3 is 0 Å². The Kier molecular flexibility index (Phi) is 7.97. The van der Waals surface area contributed by atoms with Crippen LogP contribution >= 0.6 is 0 Å². The molecule has 0 saturated heterocycles. The SMILES string of the molecule is C[C@@H](CC1CCC(C2CCC(CCc3cc(F)c(F)c(F)c3)CC2)CC1)c1ccccc1. The topological polar surface area (TPSA) is 0 Å². The van der Waals surface area contributed by atoms with E-state index in [0.717, 1.165) is 36.3 Å². The molecule has 0 aliphatic heterocycles. The summed E-state index contributed by atoms with van der Waals surface area (Å²) in [6.07, 6.45) is 13.5. The minimum Gasteiger partial charge on any atom is -0.204 e. The van der Waals surface area contributed by atoms with Gasteiger partial charge < -0.3 is 0 Å². The highest BCUT2D eigenvalue weighted by Crippen LogP contribution is 2.44. The molecule has 3 heteroatoms. The molecule has 1 atom stereocenters. The zero-order chi connectivity index (χ0) is 22.5.